The maximum Gasteiger partial charge on any atom is 0.302 e. The molecule has 2 aromatic rings. The second-order valence-electron chi connectivity index (χ2n) is 5.14. The van der Waals surface area contributed by atoms with E-state index in [9.17, 15) is 4.79 Å². The number of aromatic nitrogens is 2. The molecule has 3 rings (SSSR count). The molecule has 0 fully saturated rings. The summed E-state index contributed by atoms with van der Waals surface area (Å²) in [5.41, 5.74) is 2.69. The number of benzene rings is 1. The van der Waals surface area contributed by atoms with Gasteiger partial charge in [0.15, 0.2) is 0 Å². The van der Waals surface area contributed by atoms with E-state index in [4.69, 9.17) is 4.74 Å². The topological polar surface area (TPSA) is 58.2 Å². The van der Waals surface area contributed by atoms with Crippen molar-refractivity contribution in [3.63, 3.8) is 0 Å². The number of aryl methyl sites for hydroxylation is 1. The predicted octanol–water partition coefficient (Wildman–Crippen LogP) is 2.12. The molecule has 0 bridgehead atoms. The Morgan fingerprint density at radius 3 is 2.65 bits per heavy atom. The summed E-state index contributed by atoms with van der Waals surface area (Å²) in [4.78, 5) is 21.0. The molecular formula is C15H17N3O2. The Balaban J connectivity index is 1.84. The quantitative estimate of drug-likeness (QED) is 0.929. The van der Waals surface area contributed by atoms with Gasteiger partial charge in [0.1, 0.15) is 5.75 Å². The number of aromatic amines is 1. The van der Waals surface area contributed by atoms with Gasteiger partial charge in [0, 0.05) is 25.3 Å². The normalized spacial score (nSPS) is 13.1. The lowest BCUT2D eigenvalue weighted by atomic mass is 10.3. The Kier molecular flexibility index (Phi) is 3.18. The lowest BCUT2D eigenvalue weighted by molar-refractivity contribution is 0.437. The SMILES string of the molecule is CN(C)c1ccc(Oc2nc3c(c(=O)[nH]2)CCC3)cc1. The molecule has 0 spiro atoms. The summed E-state index contributed by atoms with van der Waals surface area (Å²) in [5.74, 6) is 0.664. The second kappa shape index (κ2) is 5.00. The summed E-state index contributed by atoms with van der Waals surface area (Å²) in [6.07, 6.45) is 2.66. The van der Waals surface area contributed by atoms with Gasteiger partial charge in [-0.2, -0.15) is 0 Å². The van der Waals surface area contributed by atoms with E-state index in [1.165, 1.54) is 0 Å². The fraction of sp³-hybridized carbons (Fsp3) is 0.333. The standard InChI is InChI=1S/C15H17N3O2/c1-18(2)10-6-8-11(9-7-10)20-15-16-13-5-3-4-12(13)14(19)17-15/h6-9H,3-5H2,1-2H3,(H,16,17,19). The van der Waals surface area contributed by atoms with Crippen molar-refractivity contribution in [2.45, 2.75) is 19.3 Å². The van der Waals surface area contributed by atoms with E-state index in [-0.39, 0.29) is 11.6 Å². The average molecular weight is 271 g/mol. The molecule has 104 valence electrons. The number of nitrogens with one attached hydrogen (secondary N) is 1. The van der Waals surface area contributed by atoms with Gasteiger partial charge in [0.05, 0.1) is 5.69 Å². The van der Waals surface area contributed by atoms with Crippen LogP contribution < -0.4 is 15.2 Å². The van der Waals surface area contributed by atoms with Gasteiger partial charge >= 0.3 is 6.01 Å². The molecule has 1 heterocycles. The third-order valence-corrected chi connectivity index (χ3v) is 3.49. The number of H-pyrrole nitrogens is 1. The van der Waals surface area contributed by atoms with Crippen LogP contribution in [0, 0.1) is 0 Å². The maximum absolute atomic E-state index is 11.9. The Hall–Kier alpha value is -2.30. The highest BCUT2D eigenvalue weighted by molar-refractivity contribution is 5.48. The van der Waals surface area contributed by atoms with Crippen molar-refractivity contribution in [2.75, 3.05) is 19.0 Å². The highest BCUT2D eigenvalue weighted by Gasteiger charge is 2.17. The molecule has 0 amide bonds. The highest BCUT2D eigenvalue weighted by Crippen LogP contribution is 2.23. The minimum Gasteiger partial charge on any atom is -0.426 e. The van der Waals surface area contributed by atoms with E-state index >= 15 is 0 Å². The van der Waals surface area contributed by atoms with Crippen molar-refractivity contribution < 1.29 is 4.74 Å². The number of ether oxygens (including phenoxy) is 1. The molecular weight excluding hydrogens is 254 g/mol. The monoisotopic (exact) mass is 271 g/mol. The smallest absolute Gasteiger partial charge is 0.302 e. The number of hydrogen-bond donors (Lipinski definition) is 1. The average Bonchev–Trinajstić information content (AvgIpc) is 2.88. The number of nitrogens with zero attached hydrogens (tertiary/aromatic N) is 2. The van der Waals surface area contributed by atoms with Gasteiger partial charge in [-0.15, -0.1) is 0 Å². The summed E-state index contributed by atoms with van der Waals surface area (Å²) in [7, 11) is 3.96. The summed E-state index contributed by atoms with van der Waals surface area (Å²) in [5, 5.41) is 0. The van der Waals surface area contributed by atoms with Crippen LogP contribution in [0.25, 0.3) is 0 Å². The lowest BCUT2D eigenvalue weighted by Crippen LogP contribution is -2.14. The van der Waals surface area contributed by atoms with Crippen molar-refractivity contribution in [3.8, 4) is 11.8 Å². The molecule has 1 N–H and O–H groups in total. The van der Waals surface area contributed by atoms with Crippen LogP contribution in [0.5, 0.6) is 11.8 Å². The molecule has 1 aromatic carbocycles. The first-order valence-electron chi connectivity index (χ1n) is 6.71. The van der Waals surface area contributed by atoms with Gasteiger partial charge < -0.3 is 9.64 Å². The van der Waals surface area contributed by atoms with Crippen molar-refractivity contribution in [2.24, 2.45) is 0 Å². The summed E-state index contributed by atoms with van der Waals surface area (Å²) in [6, 6.07) is 7.92. The van der Waals surface area contributed by atoms with Crippen molar-refractivity contribution in [1.82, 2.24) is 9.97 Å². The van der Waals surface area contributed by atoms with E-state index in [1.807, 2.05) is 43.3 Å². The van der Waals surface area contributed by atoms with E-state index in [1.54, 1.807) is 0 Å². The third-order valence-electron chi connectivity index (χ3n) is 3.49. The van der Waals surface area contributed by atoms with Crippen LogP contribution in [0.1, 0.15) is 17.7 Å². The molecule has 0 radical (unpaired) electrons. The first kappa shape index (κ1) is 12.7. The van der Waals surface area contributed by atoms with Crippen molar-refractivity contribution >= 4 is 5.69 Å². The Morgan fingerprint density at radius 2 is 1.95 bits per heavy atom. The van der Waals surface area contributed by atoms with Crippen LogP contribution in [-0.2, 0) is 12.8 Å². The van der Waals surface area contributed by atoms with Gasteiger partial charge in [0.25, 0.3) is 5.56 Å². The molecule has 0 atom stereocenters. The number of fused-ring (bicyclic) bond motifs is 1. The zero-order valence-electron chi connectivity index (χ0n) is 11.6. The van der Waals surface area contributed by atoms with Gasteiger partial charge in [0.2, 0.25) is 0 Å². The van der Waals surface area contributed by atoms with Crippen LogP contribution >= 0.6 is 0 Å². The Morgan fingerprint density at radius 1 is 1.20 bits per heavy atom. The summed E-state index contributed by atoms with van der Waals surface area (Å²) < 4.78 is 5.63. The van der Waals surface area contributed by atoms with Gasteiger partial charge in [-0.25, -0.2) is 4.98 Å². The van der Waals surface area contributed by atoms with E-state index in [2.05, 4.69) is 9.97 Å². The van der Waals surface area contributed by atoms with Crippen LogP contribution in [0.2, 0.25) is 0 Å². The molecule has 1 aromatic heterocycles. The largest absolute Gasteiger partial charge is 0.426 e. The third kappa shape index (κ3) is 2.39. The minimum atomic E-state index is -0.0765. The predicted molar refractivity (Wildman–Crippen MR) is 77.7 cm³/mol. The molecule has 5 nitrogen and oxygen atoms in total. The van der Waals surface area contributed by atoms with E-state index < -0.39 is 0 Å². The van der Waals surface area contributed by atoms with Crippen LogP contribution in [0.15, 0.2) is 29.1 Å². The van der Waals surface area contributed by atoms with Gasteiger partial charge in [-0.3, -0.25) is 9.78 Å². The van der Waals surface area contributed by atoms with Crippen molar-refractivity contribution in [3.05, 3.63) is 45.9 Å². The molecule has 20 heavy (non-hydrogen) atoms. The molecule has 0 saturated heterocycles. The molecule has 1 aliphatic carbocycles. The number of rotatable bonds is 3. The molecule has 5 heteroatoms. The Labute approximate surface area is 117 Å². The lowest BCUT2D eigenvalue weighted by Gasteiger charge is -2.12. The first-order chi connectivity index (χ1) is 9.63. The fourth-order valence-electron chi connectivity index (χ4n) is 2.39. The molecule has 0 aliphatic heterocycles. The van der Waals surface area contributed by atoms with E-state index in [0.717, 1.165) is 36.2 Å². The zero-order valence-corrected chi connectivity index (χ0v) is 11.6. The highest BCUT2D eigenvalue weighted by atomic mass is 16.5. The van der Waals surface area contributed by atoms with Crippen LogP contribution in [0.3, 0.4) is 0 Å². The fourth-order valence-corrected chi connectivity index (χ4v) is 2.39. The molecule has 0 saturated carbocycles. The minimum absolute atomic E-state index is 0.0765. The molecule has 1 aliphatic rings. The van der Waals surface area contributed by atoms with Crippen molar-refractivity contribution in [1.29, 1.82) is 0 Å². The van der Waals surface area contributed by atoms with Crippen LogP contribution in [0.4, 0.5) is 5.69 Å². The van der Waals surface area contributed by atoms with Gasteiger partial charge in [-0.05, 0) is 43.5 Å². The van der Waals surface area contributed by atoms with Gasteiger partial charge in [-0.1, -0.05) is 0 Å². The summed E-state index contributed by atoms with van der Waals surface area (Å²) in [6.45, 7) is 0. The van der Waals surface area contributed by atoms with E-state index in [0.29, 0.717) is 5.75 Å². The second-order valence-corrected chi connectivity index (χ2v) is 5.14. The molecule has 0 unspecified atom stereocenters. The maximum atomic E-state index is 11.9. The first-order valence-corrected chi connectivity index (χ1v) is 6.71. The number of hydrogen-bond acceptors (Lipinski definition) is 4. The number of anilines is 1. The summed E-state index contributed by atoms with van der Waals surface area (Å²) >= 11 is 0. The Bertz CT molecular complexity index is 675. The van der Waals surface area contributed by atoms with Crippen LogP contribution in [-0.4, -0.2) is 24.1 Å². The zero-order chi connectivity index (χ0) is 14.1.